The Hall–Kier alpha value is -0.0400. The quantitative estimate of drug-likeness (QED) is 0.0977. The summed E-state index contributed by atoms with van der Waals surface area (Å²) in [5.41, 5.74) is -1.20. The van der Waals surface area contributed by atoms with Crippen LogP contribution in [0.25, 0.3) is 0 Å². The summed E-state index contributed by atoms with van der Waals surface area (Å²) in [5, 5.41) is 35.5. The van der Waals surface area contributed by atoms with Crippen LogP contribution in [0.15, 0.2) is 0 Å². The number of aliphatic hydroxyl groups excluding tert-OH is 2. The summed E-state index contributed by atoms with van der Waals surface area (Å²) in [4.78, 5) is 40.9. The summed E-state index contributed by atoms with van der Waals surface area (Å²) >= 11 is 0. The van der Waals surface area contributed by atoms with E-state index in [1.807, 2.05) is 0 Å². The van der Waals surface area contributed by atoms with E-state index in [0.29, 0.717) is 12.8 Å². The standard InChI is InChI=1S/C24H44O8P2/c25-19(23(29)21(27)33(23)31)17-15-13-11-9-7-5-3-1-2-4-6-8-10-12-14-16-18-20(26)24(30)22(28)34(24)32/h19-20,25-26,29-32H,1-18H2. The largest absolute Gasteiger partial charge is 0.389 e. The minimum Gasteiger partial charge on any atom is -0.389 e. The summed E-state index contributed by atoms with van der Waals surface area (Å²) in [5.74, 6) is 0. The van der Waals surface area contributed by atoms with E-state index in [4.69, 9.17) is 0 Å². The van der Waals surface area contributed by atoms with Crippen LogP contribution < -0.4 is 0 Å². The van der Waals surface area contributed by atoms with Crippen LogP contribution in [-0.4, -0.2) is 64.2 Å². The molecule has 0 aromatic carbocycles. The highest BCUT2D eigenvalue weighted by Gasteiger charge is 2.69. The van der Waals surface area contributed by atoms with Crippen LogP contribution in [0.2, 0.25) is 0 Å². The normalized spacial score (nSPS) is 29.9. The molecule has 8 nitrogen and oxygen atoms in total. The van der Waals surface area contributed by atoms with Crippen molar-refractivity contribution >= 4 is 27.3 Å². The van der Waals surface area contributed by atoms with Gasteiger partial charge in [-0.2, -0.15) is 0 Å². The van der Waals surface area contributed by atoms with Crippen molar-refractivity contribution in [1.82, 2.24) is 0 Å². The molecule has 198 valence electrons. The molecule has 2 fully saturated rings. The van der Waals surface area contributed by atoms with Gasteiger partial charge in [0.05, 0.1) is 12.2 Å². The average molecular weight is 523 g/mol. The zero-order chi connectivity index (χ0) is 25.2. The molecule has 2 heterocycles. The van der Waals surface area contributed by atoms with Gasteiger partial charge in [0, 0.05) is 0 Å². The number of aliphatic hydroxyl groups is 4. The maximum absolute atomic E-state index is 11.2. The lowest BCUT2D eigenvalue weighted by atomic mass is 10.0. The molecule has 0 spiro atoms. The van der Waals surface area contributed by atoms with Crippen LogP contribution >= 0.6 is 16.3 Å². The highest BCUT2D eigenvalue weighted by molar-refractivity contribution is 7.85. The van der Waals surface area contributed by atoms with Gasteiger partial charge < -0.3 is 30.2 Å². The molecule has 6 unspecified atom stereocenters. The van der Waals surface area contributed by atoms with Gasteiger partial charge in [0.1, 0.15) is 16.3 Å². The van der Waals surface area contributed by atoms with Gasteiger partial charge in [-0.05, 0) is 12.8 Å². The molecule has 0 aromatic heterocycles. The van der Waals surface area contributed by atoms with Crippen LogP contribution in [0.4, 0.5) is 0 Å². The van der Waals surface area contributed by atoms with Crippen molar-refractivity contribution in [2.45, 2.75) is 138 Å². The number of rotatable bonds is 21. The Morgan fingerprint density at radius 2 is 0.676 bits per heavy atom. The molecule has 6 atom stereocenters. The number of hydrogen-bond donors (Lipinski definition) is 6. The van der Waals surface area contributed by atoms with Gasteiger partial charge in [-0.25, -0.2) is 0 Å². The van der Waals surface area contributed by atoms with Crippen molar-refractivity contribution in [3.63, 3.8) is 0 Å². The molecule has 0 amide bonds. The van der Waals surface area contributed by atoms with Crippen molar-refractivity contribution in [3.8, 4) is 0 Å². The molecule has 0 aliphatic carbocycles. The predicted molar refractivity (Wildman–Crippen MR) is 133 cm³/mol. The summed E-state index contributed by atoms with van der Waals surface area (Å²) in [7, 11) is -4.06. The van der Waals surface area contributed by atoms with Gasteiger partial charge in [0.15, 0.2) is 0 Å². The van der Waals surface area contributed by atoms with E-state index < -0.39 is 50.2 Å². The molecule has 0 bridgehead atoms. The molecule has 10 heteroatoms. The first-order chi connectivity index (χ1) is 16.2. The highest BCUT2D eigenvalue weighted by Crippen LogP contribution is 2.68. The van der Waals surface area contributed by atoms with E-state index in [9.17, 15) is 39.8 Å². The SMILES string of the molecule is O=C1P(O)C1(O)C(O)CCCCCCCCCCCCCCCCCCC(O)C1(O)C(=O)P1O. The second kappa shape index (κ2) is 14.6. The molecular formula is C24H44O8P2. The summed E-state index contributed by atoms with van der Waals surface area (Å²) in [6.07, 6.45) is 16.5. The molecule has 2 rings (SSSR count). The van der Waals surface area contributed by atoms with Crippen molar-refractivity contribution in [3.05, 3.63) is 0 Å². The molecule has 2 saturated heterocycles. The van der Waals surface area contributed by atoms with E-state index in [1.165, 1.54) is 64.2 Å². The Kier molecular flexibility index (Phi) is 13.0. The average Bonchev–Trinajstić information content (AvgIpc) is 3.54. The first kappa shape index (κ1) is 30.2. The third kappa shape index (κ3) is 8.24. The number of hydrogen-bond acceptors (Lipinski definition) is 8. The Morgan fingerprint density at radius 1 is 0.500 bits per heavy atom. The van der Waals surface area contributed by atoms with Gasteiger partial charge in [-0.3, -0.25) is 9.59 Å². The third-order valence-electron chi connectivity index (χ3n) is 7.19. The first-order valence-corrected chi connectivity index (χ1v) is 15.6. The Labute approximate surface area is 205 Å². The first-order valence-electron chi connectivity index (χ1n) is 13.1. The Bertz CT molecular complexity index is 596. The van der Waals surface area contributed by atoms with Crippen molar-refractivity contribution in [2.75, 3.05) is 0 Å². The van der Waals surface area contributed by atoms with Crippen LogP contribution in [0.3, 0.4) is 0 Å². The lowest BCUT2D eigenvalue weighted by Crippen LogP contribution is -2.29. The number of carbonyl (C=O) groups is 2. The van der Waals surface area contributed by atoms with Crippen molar-refractivity contribution in [2.24, 2.45) is 0 Å². The van der Waals surface area contributed by atoms with Gasteiger partial charge in [0.2, 0.25) is 21.7 Å². The third-order valence-corrected chi connectivity index (χ3v) is 10.5. The molecule has 0 saturated carbocycles. The van der Waals surface area contributed by atoms with E-state index in [0.717, 1.165) is 38.5 Å². The second-order valence-corrected chi connectivity index (χ2v) is 13.4. The monoisotopic (exact) mass is 522 g/mol. The fraction of sp³-hybridized carbons (Fsp3) is 0.917. The lowest BCUT2D eigenvalue weighted by Gasteiger charge is -2.14. The summed E-state index contributed by atoms with van der Waals surface area (Å²) in [6, 6.07) is 0. The maximum atomic E-state index is 11.2. The van der Waals surface area contributed by atoms with E-state index in [1.54, 1.807) is 0 Å². The Morgan fingerprint density at radius 3 is 0.853 bits per heavy atom. The van der Waals surface area contributed by atoms with E-state index in [-0.39, 0.29) is 0 Å². The van der Waals surface area contributed by atoms with Gasteiger partial charge in [-0.15, -0.1) is 0 Å². The van der Waals surface area contributed by atoms with Crippen molar-refractivity contribution in [1.29, 1.82) is 0 Å². The zero-order valence-electron chi connectivity index (χ0n) is 20.3. The molecular weight excluding hydrogens is 478 g/mol. The van der Waals surface area contributed by atoms with E-state index >= 15 is 0 Å². The molecule has 2 aliphatic rings. The fourth-order valence-corrected chi connectivity index (χ4v) is 6.83. The number of carbonyl (C=O) groups excluding carboxylic acids is 2. The zero-order valence-corrected chi connectivity index (χ0v) is 22.1. The lowest BCUT2D eigenvalue weighted by molar-refractivity contribution is -0.121. The fourth-order valence-electron chi connectivity index (χ4n) is 4.56. The smallest absolute Gasteiger partial charge is 0.226 e. The molecule has 34 heavy (non-hydrogen) atoms. The summed E-state index contributed by atoms with van der Waals surface area (Å²) < 4.78 is 0. The van der Waals surface area contributed by atoms with Crippen molar-refractivity contribution < 1.29 is 39.8 Å². The number of unbranched alkanes of at least 4 members (excludes halogenated alkanes) is 15. The Balaban J connectivity index is 1.25. The maximum Gasteiger partial charge on any atom is 0.226 e. The highest BCUT2D eigenvalue weighted by atomic mass is 31.2. The molecule has 2 aliphatic heterocycles. The van der Waals surface area contributed by atoms with Gasteiger partial charge in [-0.1, -0.05) is 103 Å². The molecule has 6 N–H and O–H groups in total. The van der Waals surface area contributed by atoms with Gasteiger partial charge >= 0.3 is 0 Å². The molecule has 0 radical (unpaired) electrons. The van der Waals surface area contributed by atoms with Crippen LogP contribution in [0.1, 0.15) is 116 Å². The minimum atomic E-state index is -2.03. The van der Waals surface area contributed by atoms with Crippen LogP contribution in [0, 0.1) is 0 Å². The van der Waals surface area contributed by atoms with Gasteiger partial charge in [0.25, 0.3) is 0 Å². The van der Waals surface area contributed by atoms with Crippen LogP contribution in [-0.2, 0) is 9.59 Å². The minimum absolute atomic E-state index is 0.364. The molecule has 0 aromatic rings. The second-order valence-electron chi connectivity index (χ2n) is 9.95. The summed E-state index contributed by atoms with van der Waals surface area (Å²) in [6.45, 7) is 0. The van der Waals surface area contributed by atoms with E-state index in [2.05, 4.69) is 0 Å². The topological polar surface area (TPSA) is 156 Å². The van der Waals surface area contributed by atoms with Crippen LogP contribution in [0.5, 0.6) is 0 Å². The predicted octanol–water partition coefficient (Wildman–Crippen LogP) is 3.97.